The summed E-state index contributed by atoms with van der Waals surface area (Å²) in [6.07, 6.45) is -3.31. The SMILES string of the molecule is CCCNCCCCS(=O)(=O)NCCC(F)(F)F. The zero-order valence-electron chi connectivity index (χ0n) is 10.5. The van der Waals surface area contributed by atoms with Gasteiger partial charge in [0.1, 0.15) is 0 Å². The molecule has 0 bridgehead atoms. The third-order valence-electron chi connectivity index (χ3n) is 2.17. The smallest absolute Gasteiger partial charge is 0.317 e. The second-order valence-electron chi connectivity index (χ2n) is 4.04. The Morgan fingerprint density at radius 2 is 1.72 bits per heavy atom. The lowest BCUT2D eigenvalue weighted by atomic mass is 10.3. The van der Waals surface area contributed by atoms with Crippen molar-refractivity contribution in [2.24, 2.45) is 0 Å². The van der Waals surface area contributed by atoms with Gasteiger partial charge in [0.15, 0.2) is 0 Å². The summed E-state index contributed by atoms with van der Waals surface area (Å²) in [5.41, 5.74) is 0. The monoisotopic (exact) mass is 290 g/mol. The number of hydrogen-bond acceptors (Lipinski definition) is 3. The third kappa shape index (κ3) is 12.1. The van der Waals surface area contributed by atoms with Crippen molar-refractivity contribution >= 4 is 10.0 Å². The molecular formula is C10H21F3N2O2S. The van der Waals surface area contributed by atoms with Crippen molar-refractivity contribution < 1.29 is 21.6 Å². The van der Waals surface area contributed by atoms with Gasteiger partial charge in [-0.15, -0.1) is 0 Å². The minimum absolute atomic E-state index is 0.126. The molecule has 0 atom stereocenters. The standard InChI is InChI=1S/C10H21F3N2O2S/c1-2-6-14-7-3-4-9-18(16,17)15-8-5-10(11,12)13/h14-15H,2-9H2,1H3. The van der Waals surface area contributed by atoms with Crippen molar-refractivity contribution in [3.8, 4) is 0 Å². The van der Waals surface area contributed by atoms with Crippen LogP contribution in [0.4, 0.5) is 13.2 Å². The Morgan fingerprint density at radius 1 is 1.06 bits per heavy atom. The molecule has 0 aliphatic carbocycles. The molecule has 0 aliphatic heterocycles. The van der Waals surface area contributed by atoms with E-state index in [2.05, 4.69) is 5.32 Å². The molecule has 0 saturated heterocycles. The van der Waals surface area contributed by atoms with Gasteiger partial charge in [0, 0.05) is 6.54 Å². The Kier molecular flexibility index (Phi) is 8.54. The molecular weight excluding hydrogens is 269 g/mol. The zero-order valence-corrected chi connectivity index (χ0v) is 11.3. The summed E-state index contributed by atoms with van der Waals surface area (Å²) < 4.78 is 60.0. The van der Waals surface area contributed by atoms with Gasteiger partial charge in [-0.2, -0.15) is 13.2 Å². The quantitative estimate of drug-likeness (QED) is 0.601. The molecule has 0 aromatic carbocycles. The van der Waals surface area contributed by atoms with E-state index in [1.165, 1.54) is 0 Å². The molecule has 0 saturated carbocycles. The lowest BCUT2D eigenvalue weighted by molar-refractivity contribution is -0.132. The molecule has 0 amide bonds. The van der Waals surface area contributed by atoms with Crippen LogP contribution in [0.5, 0.6) is 0 Å². The molecule has 18 heavy (non-hydrogen) atoms. The largest absolute Gasteiger partial charge is 0.390 e. The fourth-order valence-electron chi connectivity index (χ4n) is 1.26. The van der Waals surface area contributed by atoms with Crippen LogP contribution < -0.4 is 10.0 Å². The van der Waals surface area contributed by atoms with Crippen LogP contribution in [0, 0.1) is 0 Å². The molecule has 0 heterocycles. The van der Waals surface area contributed by atoms with Crippen molar-refractivity contribution in [2.45, 2.75) is 38.8 Å². The lowest BCUT2D eigenvalue weighted by Gasteiger charge is -2.08. The molecule has 0 spiro atoms. The van der Waals surface area contributed by atoms with Crippen LogP contribution in [0.1, 0.15) is 32.6 Å². The van der Waals surface area contributed by atoms with E-state index in [9.17, 15) is 21.6 Å². The number of halogens is 3. The second kappa shape index (κ2) is 8.71. The van der Waals surface area contributed by atoms with Gasteiger partial charge >= 0.3 is 6.18 Å². The van der Waals surface area contributed by atoms with Crippen molar-refractivity contribution in [3.05, 3.63) is 0 Å². The number of alkyl halides is 3. The second-order valence-corrected chi connectivity index (χ2v) is 5.96. The Labute approximate surface area is 106 Å². The summed E-state index contributed by atoms with van der Waals surface area (Å²) in [7, 11) is -3.57. The third-order valence-corrected chi connectivity index (χ3v) is 3.64. The summed E-state index contributed by atoms with van der Waals surface area (Å²) in [5.74, 6) is -0.126. The van der Waals surface area contributed by atoms with Crippen LogP contribution in [0.15, 0.2) is 0 Å². The maximum absolute atomic E-state index is 11.8. The van der Waals surface area contributed by atoms with E-state index in [1.807, 2.05) is 11.6 Å². The van der Waals surface area contributed by atoms with E-state index in [0.717, 1.165) is 19.5 Å². The van der Waals surface area contributed by atoms with Crippen molar-refractivity contribution in [1.29, 1.82) is 0 Å². The molecule has 8 heteroatoms. The highest BCUT2D eigenvalue weighted by Crippen LogP contribution is 2.18. The van der Waals surface area contributed by atoms with Gasteiger partial charge in [0.2, 0.25) is 10.0 Å². The predicted molar refractivity (Wildman–Crippen MR) is 64.9 cm³/mol. The van der Waals surface area contributed by atoms with Gasteiger partial charge in [-0.3, -0.25) is 0 Å². The molecule has 0 aromatic rings. The van der Waals surface area contributed by atoms with Gasteiger partial charge in [0.05, 0.1) is 12.2 Å². The van der Waals surface area contributed by atoms with Crippen LogP contribution in [-0.4, -0.2) is 40.0 Å². The predicted octanol–water partition coefficient (Wildman–Crippen LogP) is 1.64. The van der Waals surface area contributed by atoms with Crippen LogP contribution in [0.2, 0.25) is 0 Å². The first-order chi connectivity index (χ1) is 8.27. The van der Waals surface area contributed by atoms with Gasteiger partial charge in [-0.1, -0.05) is 6.92 Å². The van der Waals surface area contributed by atoms with E-state index < -0.39 is 29.2 Å². The number of hydrogen-bond donors (Lipinski definition) is 2. The van der Waals surface area contributed by atoms with Crippen LogP contribution in [0.3, 0.4) is 0 Å². The molecule has 2 N–H and O–H groups in total. The average molecular weight is 290 g/mol. The van der Waals surface area contributed by atoms with Crippen molar-refractivity contribution in [3.63, 3.8) is 0 Å². The summed E-state index contributed by atoms with van der Waals surface area (Å²) in [5, 5.41) is 3.12. The summed E-state index contributed by atoms with van der Waals surface area (Å²) >= 11 is 0. The van der Waals surface area contributed by atoms with E-state index in [-0.39, 0.29) is 5.75 Å². The molecule has 0 aromatic heterocycles. The first-order valence-corrected chi connectivity index (χ1v) is 7.67. The minimum Gasteiger partial charge on any atom is -0.317 e. The van der Waals surface area contributed by atoms with Gasteiger partial charge < -0.3 is 5.32 Å². The topological polar surface area (TPSA) is 58.2 Å². The number of nitrogens with one attached hydrogen (secondary N) is 2. The molecule has 0 rings (SSSR count). The molecule has 0 unspecified atom stereocenters. The molecule has 4 nitrogen and oxygen atoms in total. The molecule has 110 valence electrons. The van der Waals surface area contributed by atoms with Gasteiger partial charge in [0.25, 0.3) is 0 Å². The Hall–Kier alpha value is -0.340. The molecule has 0 aliphatic rings. The fourth-order valence-corrected chi connectivity index (χ4v) is 2.41. The van der Waals surface area contributed by atoms with E-state index in [1.54, 1.807) is 0 Å². The normalized spacial score (nSPS) is 12.9. The maximum atomic E-state index is 11.8. The van der Waals surface area contributed by atoms with E-state index in [0.29, 0.717) is 12.8 Å². The molecule has 0 radical (unpaired) electrons. The fraction of sp³-hybridized carbons (Fsp3) is 1.00. The number of unbranched alkanes of at least 4 members (excludes halogenated alkanes) is 1. The van der Waals surface area contributed by atoms with Gasteiger partial charge in [-0.25, -0.2) is 13.1 Å². The van der Waals surface area contributed by atoms with Gasteiger partial charge in [-0.05, 0) is 32.4 Å². The van der Waals surface area contributed by atoms with Crippen molar-refractivity contribution in [2.75, 3.05) is 25.4 Å². The van der Waals surface area contributed by atoms with Crippen LogP contribution in [0.25, 0.3) is 0 Å². The molecule has 0 fully saturated rings. The number of rotatable bonds is 10. The first-order valence-electron chi connectivity index (χ1n) is 6.01. The maximum Gasteiger partial charge on any atom is 0.390 e. The zero-order chi connectivity index (χ0) is 14.1. The lowest BCUT2D eigenvalue weighted by Crippen LogP contribution is -2.30. The van der Waals surface area contributed by atoms with Crippen molar-refractivity contribution in [1.82, 2.24) is 10.0 Å². The van der Waals surface area contributed by atoms with E-state index >= 15 is 0 Å². The number of sulfonamides is 1. The van der Waals surface area contributed by atoms with Crippen LogP contribution >= 0.6 is 0 Å². The summed E-state index contributed by atoms with van der Waals surface area (Å²) in [4.78, 5) is 0. The van der Waals surface area contributed by atoms with E-state index in [4.69, 9.17) is 0 Å². The highest BCUT2D eigenvalue weighted by molar-refractivity contribution is 7.89. The van der Waals surface area contributed by atoms with Crippen LogP contribution in [-0.2, 0) is 10.0 Å². The minimum atomic E-state index is -4.33. The summed E-state index contributed by atoms with van der Waals surface area (Å²) in [6.45, 7) is 3.06. The highest BCUT2D eigenvalue weighted by atomic mass is 32.2. The highest BCUT2D eigenvalue weighted by Gasteiger charge is 2.27. The Bertz CT molecular complexity index is 305. The summed E-state index contributed by atoms with van der Waals surface area (Å²) in [6, 6.07) is 0. The first kappa shape index (κ1) is 17.7. The Balaban J connectivity index is 3.62. The Morgan fingerprint density at radius 3 is 2.28 bits per heavy atom. The average Bonchev–Trinajstić information content (AvgIpc) is 2.21.